The number of carbonyl (C=O) groups is 1. The van der Waals surface area contributed by atoms with Crippen LogP contribution in [0.5, 0.6) is 11.5 Å². The molecule has 0 atom stereocenters. The molecule has 1 aliphatic heterocycles. The van der Waals surface area contributed by atoms with E-state index in [-0.39, 0.29) is 11.9 Å². The summed E-state index contributed by atoms with van der Waals surface area (Å²) in [6.45, 7) is 2.40. The largest absolute Gasteiger partial charge is 0.497 e. The highest BCUT2D eigenvalue weighted by molar-refractivity contribution is 5.92. The summed E-state index contributed by atoms with van der Waals surface area (Å²) in [4.78, 5) is 15.1. The van der Waals surface area contributed by atoms with Gasteiger partial charge in [0, 0.05) is 11.6 Å². The summed E-state index contributed by atoms with van der Waals surface area (Å²) in [6.07, 6.45) is 5.84. The van der Waals surface area contributed by atoms with Gasteiger partial charge >= 0.3 is 0 Å². The maximum absolute atomic E-state index is 13.2. The van der Waals surface area contributed by atoms with Crippen LogP contribution in [0, 0.1) is 0 Å². The number of nitrogens with zero attached hydrogens (tertiary/aromatic N) is 4. The van der Waals surface area contributed by atoms with Gasteiger partial charge in [0.05, 0.1) is 33.0 Å². The number of hydrogen-bond donors (Lipinski definition) is 1. The molecule has 1 saturated carbocycles. The topological polar surface area (TPSA) is 81.5 Å². The van der Waals surface area contributed by atoms with Crippen molar-refractivity contribution in [2.24, 2.45) is 0 Å². The lowest BCUT2D eigenvalue weighted by atomic mass is 10.1. The molecule has 0 bridgehead atoms. The van der Waals surface area contributed by atoms with Crippen LogP contribution in [-0.2, 0) is 6.54 Å². The quantitative estimate of drug-likeness (QED) is 0.785. The molecule has 1 aliphatic carbocycles. The van der Waals surface area contributed by atoms with E-state index >= 15 is 0 Å². The molecule has 8 nitrogen and oxygen atoms in total. The zero-order valence-electron chi connectivity index (χ0n) is 16.4. The molecule has 2 fully saturated rings. The van der Waals surface area contributed by atoms with Crippen LogP contribution in [0.3, 0.4) is 0 Å². The number of methoxy groups -OCH3 is 2. The minimum absolute atomic E-state index is 0.0763. The summed E-state index contributed by atoms with van der Waals surface area (Å²) in [6, 6.07) is 6.20. The first kappa shape index (κ1) is 18.7. The minimum Gasteiger partial charge on any atom is -0.497 e. The molecule has 2 heterocycles. The number of aromatic nitrogens is 3. The van der Waals surface area contributed by atoms with Crippen molar-refractivity contribution in [3.05, 3.63) is 35.7 Å². The lowest BCUT2D eigenvalue weighted by molar-refractivity contribution is 0.0722. The van der Waals surface area contributed by atoms with Crippen molar-refractivity contribution >= 4 is 5.91 Å². The Morgan fingerprint density at radius 2 is 2.00 bits per heavy atom. The number of amides is 1. The van der Waals surface area contributed by atoms with Gasteiger partial charge in [-0.3, -0.25) is 4.79 Å². The van der Waals surface area contributed by atoms with Gasteiger partial charge in [-0.2, -0.15) is 0 Å². The second-order valence-corrected chi connectivity index (χ2v) is 7.41. The first-order chi connectivity index (χ1) is 13.7. The highest BCUT2D eigenvalue weighted by Crippen LogP contribution is 2.33. The lowest BCUT2D eigenvalue weighted by Gasteiger charge is -2.23. The SMILES string of the molecule is COc1ccc(OC)c(CN(C(=O)c2cn(C3CCNCC3)nn2)C2CC2)c1. The Balaban J connectivity index is 1.54. The van der Waals surface area contributed by atoms with Crippen molar-refractivity contribution in [3.8, 4) is 11.5 Å². The molecular weight excluding hydrogens is 358 g/mol. The van der Waals surface area contributed by atoms with E-state index < -0.39 is 0 Å². The average Bonchev–Trinajstić information content (AvgIpc) is 3.47. The summed E-state index contributed by atoms with van der Waals surface area (Å²) in [5, 5.41) is 11.8. The molecule has 1 amide bonds. The molecule has 0 unspecified atom stereocenters. The summed E-state index contributed by atoms with van der Waals surface area (Å²) < 4.78 is 12.7. The van der Waals surface area contributed by atoms with Gasteiger partial charge in [0.2, 0.25) is 0 Å². The minimum atomic E-state index is -0.0763. The summed E-state index contributed by atoms with van der Waals surface area (Å²) >= 11 is 0. The first-order valence-electron chi connectivity index (χ1n) is 9.84. The third-order valence-electron chi connectivity index (χ3n) is 5.49. The number of benzene rings is 1. The zero-order chi connectivity index (χ0) is 19.5. The third kappa shape index (κ3) is 3.96. The van der Waals surface area contributed by atoms with Gasteiger partial charge in [0.1, 0.15) is 11.5 Å². The molecule has 1 N–H and O–H groups in total. The lowest BCUT2D eigenvalue weighted by Crippen LogP contribution is -2.33. The molecule has 1 aromatic heterocycles. The fourth-order valence-electron chi connectivity index (χ4n) is 3.71. The summed E-state index contributed by atoms with van der Waals surface area (Å²) in [7, 11) is 3.27. The number of hydrogen-bond acceptors (Lipinski definition) is 6. The van der Waals surface area contributed by atoms with Crippen LogP contribution in [0.15, 0.2) is 24.4 Å². The van der Waals surface area contributed by atoms with Gasteiger partial charge in [-0.15, -0.1) is 5.10 Å². The first-order valence-corrected chi connectivity index (χ1v) is 9.84. The highest BCUT2D eigenvalue weighted by atomic mass is 16.5. The average molecular weight is 385 g/mol. The molecule has 1 aromatic carbocycles. The van der Waals surface area contributed by atoms with E-state index in [0.29, 0.717) is 18.3 Å². The van der Waals surface area contributed by atoms with Gasteiger partial charge in [-0.1, -0.05) is 5.21 Å². The van der Waals surface area contributed by atoms with Crippen LogP contribution in [0.4, 0.5) is 0 Å². The number of carbonyl (C=O) groups excluding carboxylic acids is 1. The van der Waals surface area contributed by atoms with Crippen LogP contribution in [0.25, 0.3) is 0 Å². The molecular formula is C20H27N5O3. The standard InChI is InChI=1S/C20H27N5O3/c1-27-17-5-6-19(28-2)14(11-17)12-24(15-3-4-15)20(26)18-13-25(23-22-18)16-7-9-21-10-8-16/h5-6,11,13,15-16,21H,3-4,7-10,12H2,1-2H3. The molecule has 1 saturated heterocycles. The van der Waals surface area contributed by atoms with Gasteiger partial charge in [0.25, 0.3) is 5.91 Å². The number of piperidine rings is 1. The second-order valence-electron chi connectivity index (χ2n) is 7.41. The van der Waals surface area contributed by atoms with Crippen LogP contribution >= 0.6 is 0 Å². The number of ether oxygens (including phenoxy) is 2. The predicted molar refractivity (Wildman–Crippen MR) is 104 cm³/mol. The summed E-state index contributed by atoms with van der Waals surface area (Å²) in [5.74, 6) is 1.42. The third-order valence-corrected chi connectivity index (χ3v) is 5.49. The molecule has 8 heteroatoms. The predicted octanol–water partition coefficient (Wildman–Crippen LogP) is 2.02. The van der Waals surface area contributed by atoms with Crippen LogP contribution in [-0.4, -0.2) is 59.2 Å². The van der Waals surface area contributed by atoms with E-state index in [9.17, 15) is 4.79 Å². The Morgan fingerprint density at radius 1 is 1.21 bits per heavy atom. The second kappa shape index (κ2) is 8.18. The molecule has 0 spiro atoms. The molecule has 28 heavy (non-hydrogen) atoms. The van der Waals surface area contributed by atoms with E-state index in [2.05, 4.69) is 15.6 Å². The van der Waals surface area contributed by atoms with Gasteiger partial charge in [-0.25, -0.2) is 4.68 Å². The Hall–Kier alpha value is -2.61. The smallest absolute Gasteiger partial charge is 0.276 e. The Kier molecular flexibility index (Phi) is 5.47. The van der Waals surface area contributed by atoms with Gasteiger partial charge < -0.3 is 19.7 Å². The fourth-order valence-corrected chi connectivity index (χ4v) is 3.71. The summed E-state index contributed by atoms with van der Waals surface area (Å²) in [5.41, 5.74) is 1.33. The van der Waals surface area contributed by atoms with Crippen molar-refractivity contribution in [3.63, 3.8) is 0 Å². The zero-order valence-corrected chi connectivity index (χ0v) is 16.4. The van der Waals surface area contributed by atoms with Crippen molar-refractivity contribution in [2.45, 2.75) is 44.3 Å². The van der Waals surface area contributed by atoms with Gasteiger partial charge in [0.15, 0.2) is 5.69 Å². The van der Waals surface area contributed by atoms with E-state index in [1.807, 2.05) is 27.8 Å². The van der Waals surface area contributed by atoms with Crippen molar-refractivity contribution in [2.75, 3.05) is 27.3 Å². The molecule has 0 radical (unpaired) electrons. The monoisotopic (exact) mass is 385 g/mol. The van der Waals surface area contributed by atoms with E-state index in [4.69, 9.17) is 9.47 Å². The van der Waals surface area contributed by atoms with Crippen molar-refractivity contribution in [1.29, 1.82) is 0 Å². The molecule has 4 rings (SSSR count). The van der Waals surface area contributed by atoms with Crippen molar-refractivity contribution in [1.82, 2.24) is 25.2 Å². The Labute approximate surface area is 164 Å². The number of nitrogens with one attached hydrogen (secondary N) is 1. The molecule has 2 aromatic rings. The maximum atomic E-state index is 13.2. The Morgan fingerprint density at radius 3 is 2.68 bits per heavy atom. The molecule has 2 aliphatic rings. The Bertz CT molecular complexity index is 827. The highest BCUT2D eigenvalue weighted by Gasteiger charge is 2.35. The van der Waals surface area contributed by atoms with Crippen LogP contribution in [0.1, 0.15) is 47.8 Å². The maximum Gasteiger partial charge on any atom is 0.276 e. The van der Waals surface area contributed by atoms with Crippen molar-refractivity contribution < 1.29 is 14.3 Å². The fraction of sp³-hybridized carbons (Fsp3) is 0.550. The van der Waals surface area contributed by atoms with Gasteiger partial charge in [-0.05, 0) is 57.0 Å². The number of rotatable bonds is 7. The van der Waals surface area contributed by atoms with Crippen LogP contribution in [0.2, 0.25) is 0 Å². The normalized spacial score (nSPS) is 17.4. The van der Waals surface area contributed by atoms with E-state index in [0.717, 1.165) is 55.8 Å². The van der Waals surface area contributed by atoms with E-state index in [1.54, 1.807) is 20.4 Å². The van der Waals surface area contributed by atoms with E-state index in [1.165, 1.54) is 0 Å². The van der Waals surface area contributed by atoms with Crippen LogP contribution < -0.4 is 14.8 Å². The molecule has 150 valence electrons.